The zero-order valence-electron chi connectivity index (χ0n) is 6.97. The van der Waals surface area contributed by atoms with Crippen molar-refractivity contribution in [1.29, 1.82) is 0 Å². The van der Waals surface area contributed by atoms with Gasteiger partial charge >= 0.3 is 0 Å². The van der Waals surface area contributed by atoms with Gasteiger partial charge in [-0.05, 0) is 25.7 Å². The summed E-state index contributed by atoms with van der Waals surface area (Å²) in [5, 5.41) is 0. The Kier molecular flexibility index (Phi) is 3.56. The maximum absolute atomic E-state index is 2.27. The molecular weight excluding hydrogens is 120 g/mol. The Morgan fingerprint density at radius 3 is 2.70 bits per heavy atom. The van der Waals surface area contributed by atoms with Crippen molar-refractivity contribution in [3.05, 3.63) is 12.2 Å². The number of hydrogen-bond donors (Lipinski definition) is 0. The lowest BCUT2D eigenvalue weighted by molar-refractivity contribution is 0.634. The van der Waals surface area contributed by atoms with Gasteiger partial charge in [-0.25, -0.2) is 0 Å². The van der Waals surface area contributed by atoms with Gasteiger partial charge in [0.05, 0.1) is 0 Å². The first-order valence-corrected chi connectivity index (χ1v) is 4.54. The predicted octanol–water partition coefficient (Wildman–Crippen LogP) is 3.53. The molecule has 0 unspecified atom stereocenters. The fraction of sp³-hybridized carbons (Fsp3) is 0.800. The number of rotatable bonds is 5. The van der Waals surface area contributed by atoms with Gasteiger partial charge in [0.1, 0.15) is 0 Å². The van der Waals surface area contributed by atoms with Gasteiger partial charge in [-0.1, -0.05) is 37.8 Å². The lowest BCUT2D eigenvalue weighted by atomic mass is 10.1. The highest BCUT2D eigenvalue weighted by Gasteiger charge is 2.19. The molecule has 0 nitrogen and oxygen atoms in total. The minimum atomic E-state index is 1.13. The molecule has 0 radical (unpaired) electrons. The molecule has 1 saturated carbocycles. The number of unbranched alkanes of at least 4 members (excludes halogenated alkanes) is 2. The predicted molar refractivity (Wildman–Crippen MR) is 46.0 cm³/mol. The van der Waals surface area contributed by atoms with Crippen LogP contribution in [0.15, 0.2) is 12.2 Å². The first-order chi connectivity index (χ1) is 4.93. The van der Waals surface area contributed by atoms with E-state index in [-0.39, 0.29) is 0 Å². The molecule has 1 aliphatic rings. The minimum Gasteiger partial charge on any atom is -0.0917 e. The van der Waals surface area contributed by atoms with Crippen LogP contribution in [0.5, 0.6) is 0 Å². The van der Waals surface area contributed by atoms with Crippen molar-refractivity contribution in [2.45, 2.75) is 45.4 Å². The van der Waals surface area contributed by atoms with Gasteiger partial charge in [0.2, 0.25) is 0 Å². The van der Waals surface area contributed by atoms with Crippen molar-refractivity contribution < 1.29 is 0 Å². The molecule has 0 N–H and O–H groups in total. The molecule has 0 bridgehead atoms. The average Bonchev–Trinajstić information content (AvgIpc) is 2.71. The first-order valence-electron chi connectivity index (χ1n) is 4.54. The molecular formula is C10H18. The number of hydrogen-bond acceptors (Lipinski definition) is 0. The van der Waals surface area contributed by atoms with Gasteiger partial charge < -0.3 is 0 Å². The summed E-state index contributed by atoms with van der Waals surface area (Å²) in [6, 6.07) is 0. The zero-order chi connectivity index (χ0) is 7.23. The van der Waals surface area contributed by atoms with Crippen LogP contribution in [0.2, 0.25) is 0 Å². The molecule has 58 valence electrons. The molecule has 0 saturated heterocycles. The van der Waals surface area contributed by atoms with Crippen LogP contribution < -0.4 is 0 Å². The van der Waals surface area contributed by atoms with E-state index in [4.69, 9.17) is 0 Å². The van der Waals surface area contributed by atoms with Gasteiger partial charge in [0.25, 0.3) is 0 Å². The normalized spacial score (nSPS) is 18.5. The van der Waals surface area contributed by atoms with Crippen LogP contribution >= 0.6 is 0 Å². The van der Waals surface area contributed by atoms with E-state index in [1.54, 1.807) is 0 Å². The van der Waals surface area contributed by atoms with Gasteiger partial charge in [-0.2, -0.15) is 0 Å². The van der Waals surface area contributed by atoms with E-state index in [2.05, 4.69) is 19.1 Å². The Labute approximate surface area is 64.3 Å². The van der Waals surface area contributed by atoms with E-state index in [1.807, 2.05) is 0 Å². The van der Waals surface area contributed by atoms with Crippen LogP contribution in [0.3, 0.4) is 0 Å². The SMILES string of the molecule is CC=CCCCCC1CC1. The fourth-order valence-electron chi connectivity index (χ4n) is 1.27. The highest BCUT2D eigenvalue weighted by atomic mass is 14.2. The first kappa shape index (κ1) is 7.84. The Balaban J connectivity index is 1.76. The fourth-order valence-corrected chi connectivity index (χ4v) is 1.27. The van der Waals surface area contributed by atoms with Gasteiger partial charge in [0, 0.05) is 0 Å². The lowest BCUT2D eigenvalue weighted by Crippen LogP contribution is -1.76. The summed E-state index contributed by atoms with van der Waals surface area (Å²) in [6.07, 6.45) is 13.1. The third-order valence-electron chi connectivity index (χ3n) is 2.17. The Morgan fingerprint density at radius 1 is 1.30 bits per heavy atom. The van der Waals surface area contributed by atoms with Crippen molar-refractivity contribution >= 4 is 0 Å². The Hall–Kier alpha value is -0.260. The summed E-state index contributed by atoms with van der Waals surface area (Å²) in [6.45, 7) is 2.10. The second kappa shape index (κ2) is 4.54. The standard InChI is InChI=1S/C10H18/c1-2-3-4-5-6-7-10-8-9-10/h2-3,10H,4-9H2,1H3. The smallest absolute Gasteiger partial charge is 0.0351 e. The molecule has 10 heavy (non-hydrogen) atoms. The zero-order valence-corrected chi connectivity index (χ0v) is 6.97. The van der Waals surface area contributed by atoms with E-state index in [9.17, 15) is 0 Å². The van der Waals surface area contributed by atoms with Gasteiger partial charge in [-0.3, -0.25) is 0 Å². The number of allylic oxidation sites excluding steroid dienone is 2. The molecule has 0 aliphatic heterocycles. The third kappa shape index (κ3) is 3.71. The molecule has 0 amide bonds. The molecule has 0 aromatic carbocycles. The lowest BCUT2D eigenvalue weighted by Gasteiger charge is -1.94. The monoisotopic (exact) mass is 138 g/mol. The molecule has 0 aromatic heterocycles. The Morgan fingerprint density at radius 2 is 2.10 bits per heavy atom. The van der Waals surface area contributed by atoms with E-state index in [0.717, 1.165) is 5.92 Å². The molecule has 1 fully saturated rings. The van der Waals surface area contributed by atoms with Crippen LogP contribution in [-0.4, -0.2) is 0 Å². The second-order valence-corrected chi connectivity index (χ2v) is 3.30. The largest absolute Gasteiger partial charge is 0.0917 e. The van der Waals surface area contributed by atoms with Gasteiger partial charge in [-0.15, -0.1) is 0 Å². The van der Waals surface area contributed by atoms with E-state index in [1.165, 1.54) is 38.5 Å². The van der Waals surface area contributed by atoms with Gasteiger partial charge in [0.15, 0.2) is 0 Å². The van der Waals surface area contributed by atoms with Crippen LogP contribution in [-0.2, 0) is 0 Å². The average molecular weight is 138 g/mol. The Bertz CT molecular complexity index is 98.6. The minimum absolute atomic E-state index is 1.13. The molecule has 0 aromatic rings. The van der Waals surface area contributed by atoms with Crippen LogP contribution in [0.4, 0.5) is 0 Å². The van der Waals surface area contributed by atoms with Crippen LogP contribution in [0.1, 0.15) is 45.4 Å². The maximum atomic E-state index is 2.27. The molecule has 0 atom stereocenters. The van der Waals surface area contributed by atoms with Crippen molar-refractivity contribution in [2.75, 3.05) is 0 Å². The van der Waals surface area contributed by atoms with Crippen LogP contribution in [0, 0.1) is 5.92 Å². The summed E-state index contributed by atoms with van der Waals surface area (Å²) in [4.78, 5) is 0. The van der Waals surface area contributed by atoms with Crippen LogP contribution in [0.25, 0.3) is 0 Å². The summed E-state index contributed by atoms with van der Waals surface area (Å²) in [7, 11) is 0. The second-order valence-electron chi connectivity index (χ2n) is 3.30. The highest BCUT2D eigenvalue weighted by molar-refractivity contribution is 4.77. The highest BCUT2D eigenvalue weighted by Crippen LogP contribution is 2.33. The summed E-state index contributed by atoms with van der Waals surface area (Å²) < 4.78 is 0. The summed E-state index contributed by atoms with van der Waals surface area (Å²) in [5.74, 6) is 1.13. The molecule has 0 heteroatoms. The summed E-state index contributed by atoms with van der Waals surface area (Å²) >= 11 is 0. The topological polar surface area (TPSA) is 0 Å². The molecule has 0 spiro atoms. The summed E-state index contributed by atoms with van der Waals surface area (Å²) in [5.41, 5.74) is 0. The quantitative estimate of drug-likeness (QED) is 0.402. The van der Waals surface area contributed by atoms with E-state index in [0.29, 0.717) is 0 Å². The molecule has 1 rings (SSSR count). The van der Waals surface area contributed by atoms with Crippen molar-refractivity contribution in [1.82, 2.24) is 0 Å². The third-order valence-corrected chi connectivity index (χ3v) is 2.17. The van der Waals surface area contributed by atoms with Crippen molar-refractivity contribution in [3.63, 3.8) is 0 Å². The van der Waals surface area contributed by atoms with Crippen molar-refractivity contribution in [2.24, 2.45) is 5.92 Å². The molecule has 0 heterocycles. The van der Waals surface area contributed by atoms with Crippen molar-refractivity contribution in [3.8, 4) is 0 Å². The van der Waals surface area contributed by atoms with E-state index < -0.39 is 0 Å². The molecule has 1 aliphatic carbocycles. The van der Waals surface area contributed by atoms with E-state index >= 15 is 0 Å². The maximum Gasteiger partial charge on any atom is -0.0351 e.